The van der Waals surface area contributed by atoms with Crippen molar-refractivity contribution in [2.45, 2.75) is 71.1 Å². The molecule has 0 bridgehead atoms. The van der Waals surface area contributed by atoms with E-state index in [-0.39, 0.29) is 0 Å². The maximum Gasteiger partial charge on any atom is 0.0469 e. The van der Waals surface area contributed by atoms with Crippen LogP contribution in [-0.4, -0.2) is 13.2 Å². The topological polar surface area (TPSA) is 9.23 Å². The zero-order chi connectivity index (χ0) is 14.9. The van der Waals surface area contributed by atoms with Crippen LogP contribution in [0.15, 0.2) is 24.3 Å². The van der Waals surface area contributed by atoms with Gasteiger partial charge in [-0.1, -0.05) is 57.4 Å². The van der Waals surface area contributed by atoms with Crippen molar-refractivity contribution in [2.75, 3.05) is 13.2 Å². The molecule has 118 valence electrons. The third kappa shape index (κ3) is 5.82. The smallest absolute Gasteiger partial charge is 0.0469 e. The van der Waals surface area contributed by atoms with Crippen molar-refractivity contribution < 1.29 is 4.74 Å². The predicted octanol–water partition coefficient (Wildman–Crippen LogP) is 5.73. The maximum absolute atomic E-state index is 5.67. The molecule has 0 saturated heterocycles. The molecule has 0 radical (unpaired) electrons. The van der Waals surface area contributed by atoms with Gasteiger partial charge in [0.15, 0.2) is 0 Å². The largest absolute Gasteiger partial charge is 0.381 e. The van der Waals surface area contributed by atoms with Crippen molar-refractivity contribution in [3.8, 4) is 0 Å². The van der Waals surface area contributed by atoms with E-state index in [1.165, 1.54) is 44.1 Å². The first-order chi connectivity index (χ1) is 10.3. The van der Waals surface area contributed by atoms with Crippen LogP contribution in [0.1, 0.15) is 75.8 Å². The predicted molar refractivity (Wildman–Crippen MR) is 90.9 cm³/mol. The van der Waals surface area contributed by atoms with Gasteiger partial charge in [-0.3, -0.25) is 0 Å². The zero-order valence-electron chi connectivity index (χ0n) is 13.9. The Labute approximate surface area is 131 Å². The molecule has 0 spiro atoms. The summed E-state index contributed by atoms with van der Waals surface area (Å²) >= 11 is 0. The van der Waals surface area contributed by atoms with Gasteiger partial charge in [-0.2, -0.15) is 0 Å². The van der Waals surface area contributed by atoms with Crippen LogP contribution in [0, 0.1) is 5.92 Å². The quantitative estimate of drug-likeness (QED) is 0.527. The summed E-state index contributed by atoms with van der Waals surface area (Å²) in [7, 11) is 0. The molecule has 1 fully saturated rings. The summed E-state index contributed by atoms with van der Waals surface area (Å²) in [5, 5.41) is 0. The average molecular weight is 288 g/mol. The summed E-state index contributed by atoms with van der Waals surface area (Å²) in [5.41, 5.74) is 3.01. The summed E-state index contributed by atoms with van der Waals surface area (Å²) < 4.78 is 5.67. The minimum absolute atomic E-state index is 0.816. The van der Waals surface area contributed by atoms with Crippen LogP contribution in [-0.2, 0) is 11.2 Å². The summed E-state index contributed by atoms with van der Waals surface area (Å²) in [6.45, 7) is 6.46. The average Bonchev–Trinajstić information content (AvgIpc) is 2.93. The van der Waals surface area contributed by atoms with E-state index in [4.69, 9.17) is 4.74 Å². The van der Waals surface area contributed by atoms with Gasteiger partial charge < -0.3 is 4.74 Å². The normalized spacial score (nSPS) is 21.8. The summed E-state index contributed by atoms with van der Waals surface area (Å²) in [6, 6.07) is 9.38. The third-order valence-corrected chi connectivity index (χ3v) is 4.79. The number of unbranched alkanes of at least 4 members (excludes halogenated alkanes) is 2. The Morgan fingerprint density at radius 3 is 2.43 bits per heavy atom. The molecule has 2 atom stereocenters. The molecule has 2 rings (SSSR count). The Kier molecular flexibility index (Phi) is 7.29. The van der Waals surface area contributed by atoms with Gasteiger partial charge in [0, 0.05) is 13.2 Å². The van der Waals surface area contributed by atoms with E-state index in [9.17, 15) is 0 Å². The van der Waals surface area contributed by atoms with Crippen LogP contribution in [0.2, 0.25) is 0 Å². The lowest BCUT2D eigenvalue weighted by molar-refractivity contribution is 0.128. The molecule has 21 heavy (non-hydrogen) atoms. The molecule has 1 nitrogen and oxygen atoms in total. The van der Waals surface area contributed by atoms with Gasteiger partial charge in [-0.05, 0) is 55.1 Å². The first-order valence-electron chi connectivity index (χ1n) is 8.96. The van der Waals surface area contributed by atoms with Gasteiger partial charge in [0.2, 0.25) is 0 Å². The number of hydrogen-bond acceptors (Lipinski definition) is 1. The fraction of sp³-hybridized carbons (Fsp3) is 0.700. The van der Waals surface area contributed by atoms with Crippen molar-refractivity contribution in [1.29, 1.82) is 0 Å². The van der Waals surface area contributed by atoms with E-state index < -0.39 is 0 Å². The molecule has 1 saturated carbocycles. The monoisotopic (exact) mass is 288 g/mol. The molecule has 1 heteroatoms. The second-order valence-electron chi connectivity index (χ2n) is 6.78. The van der Waals surface area contributed by atoms with Crippen molar-refractivity contribution in [1.82, 2.24) is 0 Å². The van der Waals surface area contributed by atoms with Gasteiger partial charge in [-0.15, -0.1) is 0 Å². The van der Waals surface area contributed by atoms with Crippen LogP contribution in [0.5, 0.6) is 0 Å². The first-order valence-corrected chi connectivity index (χ1v) is 8.96. The van der Waals surface area contributed by atoms with E-state index >= 15 is 0 Å². The van der Waals surface area contributed by atoms with Crippen LogP contribution in [0.3, 0.4) is 0 Å². The van der Waals surface area contributed by atoms with Crippen molar-refractivity contribution in [3.05, 3.63) is 35.4 Å². The third-order valence-electron chi connectivity index (χ3n) is 4.79. The fourth-order valence-electron chi connectivity index (χ4n) is 3.40. The Balaban J connectivity index is 1.63. The number of rotatable bonds is 9. The van der Waals surface area contributed by atoms with Crippen LogP contribution >= 0.6 is 0 Å². The van der Waals surface area contributed by atoms with E-state index in [1.54, 1.807) is 5.56 Å². The lowest BCUT2D eigenvalue weighted by atomic mass is 9.95. The number of benzene rings is 1. The summed E-state index contributed by atoms with van der Waals surface area (Å²) in [4.78, 5) is 0. The van der Waals surface area contributed by atoms with E-state index in [0.717, 1.165) is 37.9 Å². The molecule has 1 aromatic carbocycles. The Bertz CT molecular complexity index is 381. The molecule has 0 aromatic heterocycles. The number of ether oxygens (including phenoxy) is 1. The molecular formula is C20H32O. The van der Waals surface area contributed by atoms with Gasteiger partial charge >= 0.3 is 0 Å². The highest BCUT2D eigenvalue weighted by atomic mass is 16.5. The lowest BCUT2D eigenvalue weighted by Gasteiger charge is -2.11. The van der Waals surface area contributed by atoms with Gasteiger partial charge in [0.25, 0.3) is 0 Å². The van der Waals surface area contributed by atoms with E-state index in [0.29, 0.717) is 0 Å². The van der Waals surface area contributed by atoms with Crippen LogP contribution in [0.4, 0.5) is 0 Å². The fourth-order valence-corrected chi connectivity index (χ4v) is 3.40. The molecule has 2 unspecified atom stereocenters. The molecule has 0 aliphatic heterocycles. The Morgan fingerprint density at radius 2 is 1.76 bits per heavy atom. The van der Waals surface area contributed by atoms with Gasteiger partial charge in [0.05, 0.1) is 0 Å². The Morgan fingerprint density at radius 1 is 1.00 bits per heavy atom. The van der Waals surface area contributed by atoms with Crippen molar-refractivity contribution >= 4 is 0 Å². The highest BCUT2D eigenvalue weighted by Gasteiger charge is 2.22. The molecule has 0 heterocycles. The highest BCUT2D eigenvalue weighted by molar-refractivity contribution is 5.26. The van der Waals surface area contributed by atoms with Crippen LogP contribution < -0.4 is 0 Å². The summed E-state index contributed by atoms with van der Waals surface area (Å²) in [6.07, 6.45) is 10.2. The minimum Gasteiger partial charge on any atom is -0.381 e. The minimum atomic E-state index is 0.816. The highest BCUT2D eigenvalue weighted by Crippen LogP contribution is 2.37. The van der Waals surface area contributed by atoms with E-state index in [1.807, 2.05) is 0 Å². The van der Waals surface area contributed by atoms with E-state index in [2.05, 4.69) is 38.1 Å². The number of aryl methyl sites for hydroxylation is 1. The standard InChI is InChI=1S/C20H32O/c1-3-4-5-14-21-15-6-7-18-9-12-19(13-10-18)20-11-8-17(2)16-20/h9-10,12-13,17,20H,3-8,11,14-16H2,1-2H3. The second-order valence-corrected chi connectivity index (χ2v) is 6.78. The molecule has 1 aromatic rings. The maximum atomic E-state index is 5.67. The van der Waals surface area contributed by atoms with Crippen LogP contribution in [0.25, 0.3) is 0 Å². The van der Waals surface area contributed by atoms with Crippen molar-refractivity contribution in [2.24, 2.45) is 5.92 Å². The lowest BCUT2D eigenvalue weighted by Crippen LogP contribution is -1.99. The SMILES string of the molecule is CCCCCOCCCc1ccc(C2CCC(C)C2)cc1. The molecule has 1 aliphatic rings. The van der Waals surface area contributed by atoms with Gasteiger partial charge in [0.1, 0.15) is 0 Å². The molecular weight excluding hydrogens is 256 g/mol. The second kappa shape index (κ2) is 9.25. The molecule has 0 N–H and O–H groups in total. The summed E-state index contributed by atoms with van der Waals surface area (Å²) in [5.74, 6) is 1.73. The van der Waals surface area contributed by atoms with Crippen molar-refractivity contribution in [3.63, 3.8) is 0 Å². The molecule has 1 aliphatic carbocycles. The molecule has 0 amide bonds. The Hall–Kier alpha value is -0.820. The number of hydrogen-bond donors (Lipinski definition) is 0. The first kappa shape index (κ1) is 16.5. The zero-order valence-corrected chi connectivity index (χ0v) is 13.9. The van der Waals surface area contributed by atoms with Gasteiger partial charge in [-0.25, -0.2) is 0 Å².